The number of nitrogens with zero attached hydrogens (tertiary/aromatic N) is 3. The summed E-state index contributed by atoms with van der Waals surface area (Å²) in [5.74, 6) is -0.00763. The van der Waals surface area contributed by atoms with Crippen molar-refractivity contribution in [2.75, 3.05) is 0 Å². The predicted octanol–water partition coefficient (Wildman–Crippen LogP) is 5.50. The second kappa shape index (κ2) is 6.30. The van der Waals surface area contributed by atoms with Crippen LogP contribution in [-0.2, 0) is 0 Å². The summed E-state index contributed by atoms with van der Waals surface area (Å²) in [6.07, 6.45) is 0. The second-order valence-corrected chi connectivity index (χ2v) is 9.29. The molecule has 2 bridgehead atoms. The Labute approximate surface area is 189 Å². The molecule has 0 aliphatic heterocycles. The SMILES string of the molecule is N#Cc1ccc2c(c1)C1c3cc(C#N)c(I)cc3C2c2cc(I)c(C#N)cc21. The first-order chi connectivity index (χ1) is 13.6. The number of benzene rings is 3. The molecule has 0 saturated carbocycles. The van der Waals surface area contributed by atoms with Crippen LogP contribution in [0.4, 0.5) is 0 Å². The monoisotopic (exact) mass is 581 g/mol. The van der Waals surface area contributed by atoms with E-state index < -0.39 is 0 Å². The molecule has 0 unspecified atom stereocenters. The summed E-state index contributed by atoms with van der Waals surface area (Å²) in [4.78, 5) is 0. The highest BCUT2D eigenvalue weighted by Gasteiger charge is 2.42. The Morgan fingerprint density at radius 2 is 1.04 bits per heavy atom. The van der Waals surface area contributed by atoms with Gasteiger partial charge in [-0.15, -0.1) is 0 Å². The minimum atomic E-state index is -0.0634. The number of hydrogen-bond acceptors (Lipinski definition) is 3. The molecule has 3 aromatic carbocycles. The van der Waals surface area contributed by atoms with Crippen LogP contribution in [-0.4, -0.2) is 0 Å². The third-order valence-corrected chi connectivity index (χ3v) is 7.45. The van der Waals surface area contributed by atoms with Crippen LogP contribution in [0.2, 0.25) is 0 Å². The fourth-order valence-corrected chi connectivity index (χ4v) is 5.77. The fraction of sp³-hybridized carbons (Fsp3) is 0.0870. The molecule has 0 saturated heterocycles. The molecular formula is C23H9I2N3. The van der Waals surface area contributed by atoms with E-state index in [-0.39, 0.29) is 11.8 Å². The van der Waals surface area contributed by atoms with Crippen molar-refractivity contribution >= 4 is 45.2 Å². The van der Waals surface area contributed by atoms with E-state index in [4.69, 9.17) is 0 Å². The normalized spacial score (nSPS) is 17.5. The molecule has 0 radical (unpaired) electrons. The third kappa shape index (κ3) is 2.28. The highest BCUT2D eigenvalue weighted by molar-refractivity contribution is 14.1. The quantitative estimate of drug-likeness (QED) is 0.227. The minimum Gasteiger partial charge on any atom is -0.192 e. The number of rotatable bonds is 0. The van der Waals surface area contributed by atoms with Gasteiger partial charge in [-0.05, 0) is 115 Å². The summed E-state index contributed by atoms with van der Waals surface area (Å²) in [5, 5.41) is 28.5. The van der Waals surface area contributed by atoms with Crippen molar-refractivity contribution in [1.29, 1.82) is 15.8 Å². The molecular weight excluding hydrogens is 572 g/mol. The summed E-state index contributed by atoms with van der Waals surface area (Å²) in [7, 11) is 0. The first-order valence-corrected chi connectivity index (χ1v) is 10.7. The molecule has 0 fully saturated rings. The van der Waals surface area contributed by atoms with Gasteiger partial charge in [-0.2, -0.15) is 15.8 Å². The maximum absolute atomic E-state index is 9.54. The van der Waals surface area contributed by atoms with Crippen LogP contribution in [0.5, 0.6) is 0 Å². The number of hydrogen-bond donors (Lipinski definition) is 0. The lowest BCUT2D eigenvalue weighted by Crippen LogP contribution is -2.28. The van der Waals surface area contributed by atoms with Crippen LogP contribution >= 0.6 is 45.2 Å². The van der Waals surface area contributed by atoms with Crippen molar-refractivity contribution in [1.82, 2.24) is 0 Å². The summed E-state index contributed by atoms with van der Waals surface area (Å²) in [6.45, 7) is 0. The Morgan fingerprint density at radius 1 is 0.571 bits per heavy atom. The van der Waals surface area contributed by atoms with Gasteiger partial charge in [0, 0.05) is 19.0 Å². The zero-order chi connectivity index (χ0) is 19.6. The van der Waals surface area contributed by atoms with Gasteiger partial charge >= 0.3 is 0 Å². The Bertz CT molecular complexity index is 1260. The summed E-state index contributed by atoms with van der Waals surface area (Å²) >= 11 is 4.45. The molecule has 3 aromatic rings. The van der Waals surface area contributed by atoms with E-state index in [9.17, 15) is 15.8 Å². The summed E-state index contributed by atoms with van der Waals surface area (Å²) in [5.41, 5.74) is 8.95. The van der Waals surface area contributed by atoms with Crippen molar-refractivity contribution in [3.63, 3.8) is 0 Å². The van der Waals surface area contributed by atoms with Gasteiger partial charge in [-0.3, -0.25) is 0 Å². The van der Waals surface area contributed by atoms with E-state index in [1.54, 1.807) is 0 Å². The fourth-order valence-electron chi connectivity index (χ4n) is 4.54. The van der Waals surface area contributed by atoms with Crippen molar-refractivity contribution in [3.05, 3.63) is 99.7 Å². The highest BCUT2D eigenvalue weighted by Crippen LogP contribution is 2.56. The van der Waals surface area contributed by atoms with Gasteiger partial charge in [0.2, 0.25) is 0 Å². The molecule has 130 valence electrons. The zero-order valence-electron chi connectivity index (χ0n) is 14.3. The van der Waals surface area contributed by atoms with E-state index in [1.807, 2.05) is 24.3 Å². The van der Waals surface area contributed by atoms with Crippen LogP contribution in [0.1, 0.15) is 61.9 Å². The summed E-state index contributed by atoms with van der Waals surface area (Å²) in [6, 6.07) is 21.0. The minimum absolute atomic E-state index is 0.0558. The number of nitriles is 3. The van der Waals surface area contributed by atoms with E-state index in [2.05, 4.69) is 81.6 Å². The van der Waals surface area contributed by atoms with Gasteiger partial charge in [-0.25, -0.2) is 0 Å². The van der Waals surface area contributed by atoms with Crippen LogP contribution in [0.15, 0.2) is 42.5 Å². The van der Waals surface area contributed by atoms with Gasteiger partial charge in [0.15, 0.2) is 0 Å². The van der Waals surface area contributed by atoms with Crippen LogP contribution in [0.3, 0.4) is 0 Å². The molecule has 0 amide bonds. The molecule has 3 aliphatic rings. The van der Waals surface area contributed by atoms with E-state index >= 15 is 0 Å². The molecule has 28 heavy (non-hydrogen) atoms. The maximum atomic E-state index is 9.54. The third-order valence-electron chi connectivity index (χ3n) is 5.67. The molecule has 5 heteroatoms. The van der Waals surface area contributed by atoms with Crippen molar-refractivity contribution in [3.8, 4) is 18.2 Å². The van der Waals surface area contributed by atoms with Crippen LogP contribution < -0.4 is 0 Å². The Balaban J connectivity index is 1.90. The predicted molar refractivity (Wildman–Crippen MR) is 121 cm³/mol. The van der Waals surface area contributed by atoms with Gasteiger partial charge in [0.1, 0.15) is 12.1 Å². The largest absolute Gasteiger partial charge is 0.192 e. The Kier molecular flexibility index (Phi) is 3.98. The lowest BCUT2D eigenvalue weighted by molar-refractivity contribution is 0.751. The molecule has 3 nitrogen and oxygen atoms in total. The van der Waals surface area contributed by atoms with E-state index in [1.165, 1.54) is 16.7 Å². The van der Waals surface area contributed by atoms with E-state index in [0.29, 0.717) is 16.7 Å². The van der Waals surface area contributed by atoms with Gasteiger partial charge < -0.3 is 0 Å². The van der Waals surface area contributed by atoms with Crippen molar-refractivity contribution in [2.45, 2.75) is 11.8 Å². The Morgan fingerprint density at radius 3 is 1.54 bits per heavy atom. The first kappa shape index (κ1) is 17.7. The smallest absolute Gasteiger partial charge is 0.100 e. The molecule has 3 aliphatic carbocycles. The topological polar surface area (TPSA) is 71.4 Å². The molecule has 0 aromatic heterocycles. The van der Waals surface area contributed by atoms with Gasteiger partial charge in [0.25, 0.3) is 0 Å². The van der Waals surface area contributed by atoms with E-state index in [0.717, 1.165) is 23.8 Å². The average Bonchev–Trinajstić information content (AvgIpc) is 2.71. The lowest BCUT2D eigenvalue weighted by atomic mass is 9.60. The highest BCUT2D eigenvalue weighted by atomic mass is 127. The molecule has 0 spiro atoms. The molecule has 0 atom stereocenters. The van der Waals surface area contributed by atoms with Crippen LogP contribution in [0, 0.1) is 41.1 Å². The standard InChI is InChI=1S/C23H9I2N3/c24-20-6-18-16(4-12(20)9-27)23-15-3-11(8-26)1-2-14(15)22(18)19-7-21(25)13(10-28)5-17(19)23/h1-7,22-23H. The van der Waals surface area contributed by atoms with Gasteiger partial charge in [-0.1, -0.05) is 6.07 Å². The van der Waals surface area contributed by atoms with Crippen molar-refractivity contribution in [2.24, 2.45) is 0 Å². The second-order valence-electron chi connectivity index (χ2n) is 6.97. The maximum Gasteiger partial charge on any atom is 0.100 e. The molecule has 6 rings (SSSR count). The average molecular weight is 581 g/mol. The van der Waals surface area contributed by atoms with Crippen molar-refractivity contribution < 1.29 is 0 Å². The lowest BCUT2D eigenvalue weighted by Gasteiger charge is -2.42. The Hall–Kier alpha value is -2.41. The first-order valence-electron chi connectivity index (χ1n) is 8.58. The summed E-state index contributed by atoms with van der Waals surface area (Å²) < 4.78 is 1.90. The molecule has 0 heterocycles. The zero-order valence-corrected chi connectivity index (χ0v) is 18.6. The van der Waals surface area contributed by atoms with Gasteiger partial charge in [0.05, 0.1) is 22.8 Å². The van der Waals surface area contributed by atoms with Crippen LogP contribution in [0.25, 0.3) is 0 Å². The molecule has 0 N–H and O–H groups in total. The number of halogens is 2.